The van der Waals surface area contributed by atoms with E-state index in [2.05, 4.69) is 25.1 Å². The number of ether oxygens (including phenoxy) is 1. The summed E-state index contributed by atoms with van der Waals surface area (Å²) in [5, 5.41) is 2.52. The maximum atomic E-state index is 13.4. The number of hydrogen-bond donors (Lipinski definition) is 1. The maximum Gasteiger partial charge on any atom is 0.329 e. The highest BCUT2D eigenvalue weighted by Crippen LogP contribution is 2.11. The second-order valence-corrected chi connectivity index (χ2v) is 6.54. The molecule has 1 aromatic rings. The maximum absolute atomic E-state index is 13.4. The van der Waals surface area contributed by atoms with E-state index in [-0.39, 0.29) is 25.0 Å². The van der Waals surface area contributed by atoms with Crippen LogP contribution in [0.15, 0.2) is 30.4 Å². The molecule has 0 saturated carbocycles. The molecule has 27 heavy (non-hydrogen) atoms. The highest BCUT2D eigenvalue weighted by molar-refractivity contribution is 5.91. The van der Waals surface area contributed by atoms with Crippen molar-refractivity contribution >= 4 is 11.9 Å². The fourth-order valence-corrected chi connectivity index (χ4v) is 2.31. The Labute approximate surface area is 159 Å². The molecular weight excluding hydrogens is 352 g/mol. The van der Waals surface area contributed by atoms with Crippen LogP contribution in [0.5, 0.6) is 0 Å². The number of benzene rings is 1. The number of carbonyl (C=O) groups is 2. The molecule has 0 unspecified atom stereocenters. The van der Waals surface area contributed by atoms with Crippen LogP contribution in [0.4, 0.5) is 8.78 Å². The number of amides is 1. The van der Waals surface area contributed by atoms with Gasteiger partial charge in [-0.05, 0) is 42.5 Å². The van der Waals surface area contributed by atoms with Crippen molar-refractivity contribution in [2.75, 3.05) is 6.61 Å². The zero-order valence-corrected chi connectivity index (χ0v) is 15.6. The van der Waals surface area contributed by atoms with E-state index < -0.39 is 29.6 Å². The van der Waals surface area contributed by atoms with Crippen molar-refractivity contribution in [2.24, 2.45) is 5.92 Å². The van der Waals surface area contributed by atoms with E-state index in [1.54, 1.807) is 6.08 Å². The van der Waals surface area contributed by atoms with Gasteiger partial charge >= 0.3 is 5.97 Å². The third-order valence-corrected chi connectivity index (χ3v) is 3.63. The van der Waals surface area contributed by atoms with Gasteiger partial charge in [0.05, 0.1) is 0 Å². The van der Waals surface area contributed by atoms with Crippen LogP contribution < -0.4 is 5.32 Å². The second-order valence-electron chi connectivity index (χ2n) is 6.54. The summed E-state index contributed by atoms with van der Waals surface area (Å²) >= 11 is 0. The number of esters is 1. The first-order chi connectivity index (χ1) is 12.8. The molecule has 4 nitrogen and oxygen atoms in total. The average Bonchev–Trinajstić information content (AvgIpc) is 2.57. The van der Waals surface area contributed by atoms with Crippen molar-refractivity contribution in [1.29, 1.82) is 0 Å². The molecule has 0 aliphatic carbocycles. The standard InChI is InChI=1S/C21H25F2NO3/c1-4-5-10-27-21(26)19(13-16-11-17(22)14-18(23)12-16)24-20(25)9-7-6-8-15(2)3/h1,7,9,11-12,14-15,19H,5-6,8,10,13H2,2-3H3,(H,24,25)/b9-7+/t19-/m0/s1. The number of allylic oxidation sites excluding steroid dienone is 1. The lowest BCUT2D eigenvalue weighted by molar-refractivity contribution is -0.147. The normalized spacial score (nSPS) is 12.0. The summed E-state index contributed by atoms with van der Waals surface area (Å²) in [6.45, 7) is 4.16. The summed E-state index contributed by atoms with van der Waals surface area (Å²) < 4.78 is 31.8. The van der Waals surface area contributed by atoms with Gasteiger partial charge in [0.1, 0.15) is 24.3 Å². The minimum Gasteiger partial charge on any atom is -0.463 e. The molecule has 1 N–H and O–H groups in total. The highest BCUT2D eigenvalue weighted by Gasteiger charge is 2.22. The van der Waals surface area contributed by atoms with Crippen molar-refractivity contribution in [1.82, 2.24) is 5.32 Å². The van der Waals surface area contributed by atoms with Crippen LogP contribution in [0.2, 0.25) is 0 Å². The van der Waals surface area contributed by atoms with Crippen molar-refractivity contribution in [3.8, 4) is 12.3 Å². The van der Waals surface area contributed by atoms with E-state index in [1.165, 1.54) is 6.08 Å². The molecule has 0 aromatic heterocycles. The molecule has 146 valence electrons. The van der Waals surface area contributed by atoms with Crippen LogP contribution in [0, 0.1) is 29.9 Å². The third kappa shape index (κ3) is 9.55. The minimum absolute atomic E-state index is 0.00342. The van der Waals surface area contributed by atoms with E-state index in [1.807, 2.05) is 0 Å². The summed E-state index contributed by atoms with van der Waals surface area (Å²) in [4.78, 5) is 24.3. The van der Waals surface area contributed by atoms with Crippen molar-refractivity contribution < 1.29 is 23.1 Å². The van der Waals surface area contributed by atoms with Crippen molar-refractivity contribution in [3.63, 3.8) is 0 Å². The van der Waals surface area contributed by atoms with Gasteiger partial charge in [-0.25, -0.2) is 13.6 Å². The first-order valence-corrected chi connectivity index (χ1v) is 8.84. The summed E-state index contributed by atoms with van der Waals surface area (Å²) in [5.41, 5.74) is 0.232. The summed E-state index contributed by atoms with van der Waals surface area (Å²) in [7, 11) is 0. The number of terminal acetylenes is 1. The molecule has 0 bridgehead atoms. The molecule has 1 aromatic carbocycles. The van der Waals surface area contributed by atoms with Gasteiger partial charge in [-0.15, -0.1) is 12.3 Å². The van der Waals surface area contributed by atoms with Crippen LogP contribution in [-0.4, -0.2) is 24.5 Å². The Morgan fingerprint density at radius 1 is 1.26 bits per heavy atom. The number of hydrogen-bond acceptors (Lipinski definition) is 3. The fraction of sp³-hybridized carbons (Fsp3) is 0.429. The molecule has 1 rings (SSSR count). The Kier molecular flexibility index (Phi) is 9.81. The molecular formula is C21H25F2NO3. The number of nitrogens with one attached hydrogen (secondary N) is 1. The van der Waals surface area contributed by atoms with Gasteiger partial charge in [-0.2, -0.15) is 0 Å². The Hall–Kier alpha value is -2.68. The van der Waals surface area contributed by atoms with E-state index in [0.717, 1.165) is 31.0 Å². The lowest BCUT2D eigenvalue weighted by Crippen LogP contribution is -2.42. The third-order valence-electron chi connectivity index (χ3n) is 3.63. The minimum atomic E-state index is -1.08. The van der Waals surface area contributed by atoms with Gasteiger partial charge in [0.25, 0.3) is 0 Å². The lowest BCUT2D eigenvalue weighted by atomic mass is 10.1. The molecule has 1 atom stereocenters. The van der Waals surface area contributed by atoms with E-state index in [0.29, 0.717) is 5.92 Å². The fourth-order valence-electron chi connectivity index (χ4n) is 2.31. The topological polar surface area (TPSA) is 55.4 Å². The van der Waals surface area contributed by atoms with Gasteiger partial charge in [-0.3, -0.25) is 4.79 Å². The first-order valence-electron chi connectivity index (χ1n) is 8.84. The van der Waals surface area contributed by atoms with Crippen LogP contribution >= 0.6 is 0 Å². The van der Waals surface area contributed by atoms with Gasteiger partial charge in [0.2, 0.25) is 5.91 Å². The van der Waals surface area contributed by atoms with E-state index in [4.69, 9.17) is 11.2 Å². The monoisotopic (exact) mass is 377 g/mol. The molecule has 0 aliphatic rings. The quantitative estimate of drug-likeness (QED) is 0.294. The van der Waals surface area contributed by atoms with Gasteiger partial charge in [0.15, 0.2) is 0 Å². The van der Waals surface area contributed by atoms with Crippen LogP contribution in [-0.2, 0) is 20.7 Å². The van der Waals surface area contributed by atoms with Gasteiger partial charge < -0.3 is 10.1 Å². The average molecular weight is 377 g/mol. The summed E-state index contributed by atoms with van der Waals surface area (Å²) in [6, 6.07) is 1.87. The molecule has 0 spiro atoms. The Morgan fingerprint density at radius 3 is 2.52 bits per heavy atom. The Bertz CT molecular complexity index is 688. The van der Waals surface area contributed by atoms with Crippen LogP contribution in [0.25, 0.3) is 0 Å². The smallest absolute Gasteiger partial charge is 0.329 e. The predicted octanol–water partition coefficient (Wildman–Crippen LogP) is 3.55. The van der Waals surface area contributed by atoms with Gasteiger partial charge in [0, 0.05) is 18.9 Å². The van der Waals surface area contributed by atoms with Crippen molar-refractivity contribution in [2.45, 2.75) is 45.6 Å². The lowest BCUT2D eigenvalue weighted by Gasteiger charge is -2.17. The molecule has 0 heterocycles. The molecule has 0 aliphatic heterocycles. The predicted molar refractivity (Wildman–Crippen MR) is 99.6 cm³/mol. The second kappa shape index (κ2) is 11.8. The highest BCUT2D eigenvalue weighted by atomic mass is 19.1. The number of carbonyl (C=O) groups excluding carboxylic acids is 2. The molecule has 6 heteroatoms. The zero-order valence-electron chi connectivity index (χ0n) is 15.6. The summed E-state index contributed by atoms with van der Waals surface area (Å²) in [6.07, 6.45) is 9.98. The van der Waals surface area contributed by atoms with Crippen LogP contribution in [0.1, 0.15) is 38.7 Å². The van der Waals surface area contributed by atoms with E-state index in [9.17, 15) is 18.4 Å². The Balaban J connectivity index is 2.79. The molecule has 1 amide bonds. The molecule has 0 saturated heterocycles. The number of rotatable bonds is 10. The van der Waals surface area contributed by atoms with Crippen molar-refractivity contribution in [3.05, 3.63) is 47.5 Å². The van der Waals surface area contributed by atoms with Crippen LogP contribution in [0.3, 0.4) is 0 Å². The SMILES string of the molecule is C#CCCOC(=O)[C@H](Cc1cc(F)cc(F)c1)NC(=O)/C=C/CCC(C)C. The number of halogens is 2. The molecule has 0 radical (unpaired) electrons. The first kappa shape index (κ1) is 22.4. The Morgan fingerprint density at radius 2 is 1.93 bits per heavy atom. The summed E-state index contributed by atoms with van der Waals surface area (Å²) in [5.74, 6) is 0.143. The largest absolute Gasteiger partial charge is 0.463 e. The van der Waals surface area contributed by atoms with Gasteiger partial charge in [-0.1, -0.05) is 19.9 Å². The molecule has 0 fully saturated rings. The van der Waals surface area contributed by atoms with E-state index >= 15 is 0 Å². The zero-order chi connectivity index (χ0) is 20.2.